The number of thiophene rings is 1. The van der Waals surface area contributed by atoms with Gasteiger partial charge in [-0.2, -0.15) is 6.07 Å². The Labute approximate surface area is 260 Å². The Morgan fingerprint density at radius 3 is 2.24 bits per heavy atom. The molecule has 7 rings (SSSR count). The summed E-state index contributed by atoms with van der Waals surface area (Å²) in [5.74, 6) is 0. The molecule has 0 spiro atoms. The first-order chi connectivity index (χ1) is 16.3. The first kappa shape index (κ1) is 32.4. The van der Waals surface area contributed by atoms with Crippen molar-refractivity contribution in [3.05, 3.63) is 92.7 Å². The average molecular weight is 644 g/mol. The molecule has 0 saturated heterocycles. The first-order valence-corrected chi connectivity index (χ1v) is 16.8. The number of allylic oxidation sites excluding steroid dienone is 1. The van der Waals surface area contributed by atoms with Crippen LogP contribution in [-0.2, 0) is 32.6 Å². The Morgan fingerprint density at radius 1 is 0.919 bits per heavy atom. The third-order valence-electron chi connectivity index (χ3n) is 7.84. The summed E-state index contributed by atoms with van der Waals surface area (Å²) >= 11 is 2.01. The van der Waals surface area contributed by atoms with Crippen LogP contribution in [0.25, 0.3) is 27.1 Å². The quantitative estimate of drug-likeness (QED) is 0.175. The van der Waals surface area contributed by atoms with Gasteiger partial charge in [-0.3, -0.25) is 0 Å². The minimum atomic E-state index is -0.995. The molecule has 3 aliphatic rings. The fourth-order valence-electron chi connectivity index (χ4n) is 6.36. The molecule has 0 amide bonds. The summed E-state index contributed by atoms with van der Waals surface area (Å²) < 4.78 is 0. The van der Waals surface area contributed by atoms with Gasteiger partial charge in [0.15, 0.2) is 0 Å². The van der Waals surface area contributed by atoms with Crippen molar-refractivity contribution in [3.8, 4) is 11.1 Å². The molecular weight excluding hydrogens is 607 g/mol. The van der Waals surface area contributed by atoms with E-state index in [0.717, 1.165) is 5.54 Å². The predicted octanol–water partition coefficient (Wildman–Crippen LogP) is 4.00. The number of hydrogen-bond acceptors (Lipinski definition) is 1. The molecule has 0 fully saturated rings. The summed E-state index contributed by atoms with van der Waals surface area (Å²) in [7, 11) is -0.995. The molecule has 0 N–H and O–H groups in total. The summed E-state index contributed by atoms with van der Waals surface area (Å²) in [6.45, 7) is 14.0. The standard InChI is InChI=1S/C21H23.C11H14SSi.2ClH.Zr/c1-3-4-5-7-17-10-12-18(13-11-17)20-9-6-8-19-14-16(2)15-21(19)20;1-6-5-8-9(12-6)11-7(2)10(8)13(11,3)4;;;/h6,8-15H,3-5,7H2,1-2H3;5,10H,1-4H3;2*1H;/q-1;;;;+3/p-2. The third kappa shape index (κ3) is 6.02. The van der Waals surface area contributed by atoms with E-state index in [1.54, 1.807) is 21.2 Å². The largest absolute Gasteiger partial charge is 3.00 e. The van der Waals surface area contributed by atoms with Crippen LogP contribution in [0.1, 0.15) is 65.1 Å². The summed E-state index contributed by atoms with van der Waals surface area (Å²) in [4.78, 5) is 3.14. The van der Waals surface area contributed by atoms with E-state index in [0.29, 0.717) is 0 Å². The van der Waals surface area contributed by atoms with E-state index in [1.165, 1.54) is 63.6 Å². The molecule has 1 unspecified atom stereocenters. The zero-order valence-electron chi connectivity index (χ0n) is 22.8. The van der Waals surface area contributed by atoms with E-state index in [9.17, 15) is 0 Å². The fourth-order valence-corrected chi connectivity index (χ4v) is 12.7. The number of rotatable bonds is 5. The van der Waals surface area contributed by atoms with E-state index in [-0.39, 0.29) is 51.0 Å². The van der Waals surface area contributed by atoms with Crippen molar-refractivity contribution in [2.75, 3.05) is 0 Å². The number of benzene rings is 2. The van der Waals surface area contributed by atoms with Crippen LogP contribution in [0.5, 0.6) is 0 Å². The van der Waals surface area contributed by atoms with E-state index in [4.69, 9.17) is 0 Å². The van der Waals surface area contributed by atoms with Gasteiger partial charge in [-0.25, -0.2) is 0 Å². The van der Waals surface area contributed by atoms with E-state index in [1.807, 2.05) is 11.3 Å². The number of halogens is 2. The Balaban J connectivity index is 0.000000261. The minimum absolute atomic E-state index is 0. The molecule has 4 aromatic rings. The summed E-state index contributed by atoms with van der Waals surface area (Å²) in [6.07, 6.45) is 5.12. The van der Waals surface area contributed by atoms with Gasteiger partial charge < -0.3 is 24.8 Å². The number of hydrogen-bond donors (Lipinski definition) is 0. The molecule has 2 bridgehead atoms. The van der Waals surface area contributed by atoms with Gasteiger partial charge in [0.1, 0.15) is 0 Å². The Hall–Kier alpha value is -0.830. The summed E-state index contributed by atoms with van der Waals surface area (Å²) in [5.41, 5.74) is 9.71. The predicted molar refractivity (Wildman–Crippen MR) is 155 cm³/mol. The van der Waals surface area contributed by atoms with Crippen molar-refractivity contribution in [1.29, 1.82) is 0 Å². The van der Waals surface area contributed by atoms with Crippen LogP contribution in [0.3, 0.4) is 0 Å². The van der Waals surface area contributed by atoms with Crippen molar-refractivity contribution >= 4 is 35.4 Å². The number of unbranched alkanes of at least 4 members (excludes halogenated alkanes) is 2. The number of aryl methyl sites for hydroxylation is 3. The van der Waals surface area contributed by atoms with Crippen molar-refractivity contribution in [1.82, 2.24) is 0 Å². The monoisotopic (exact) mass is 641 g/mol. The topological polar surface area (TPSA) is 0 Å². The van der Waals surface area contributed by atoms with Crippen molar-refractivity contribution in [2.45, 2.75) is 72.0 Å². The van der Waals surface area contributed by atoms with Gasteiger partial charge in [-0.1, -0.05) is 81.3 Å². The zero-order chi connectivity index (χ0) is 24.0. The molecule has 1 aliphatic carbocycles. The van der Waals surface area contributed by atoms with Gasteiger partial charge in [-0.15, -0.1) is 45.9 Å². The molecule has 37 heavy (non-hydrogen) atoms. The van der Waals surface area contributed by atoms with Crippen molar-refractivity contribution < 1.29 is 51.0 Å². The second-order valence-corrected chi connectivity index (χ2v) is 16.6. The van der Waals surface area contributed by atoms with Crippen LogP contribution in [-0.4, -0.2) is 8.07 Å². The molecule has 5 heteroatoms. The van der Waals surface area contributed by atoms with Crippen molar-refractivity contribution in [2.24, 2.45) is 0 Å². The van der Waals surface area contributed by atoms with Gasteiger partial charge in [0.05, 0.1) is 8.07 Å². The maximum Gasteiger partial charge on any atom is 3.00 e. The Bertz CT molecular complexity index is 1380. The molecule has 3 aromatic carbocycles. The molecule has 1 aromatic heterocycles. The fraction of sp³-hybridized carbons (Fsp3) is 0.344. The van der Waals surface area contributed by atoms with Crippen LogP contribution in [0.2, 0.25) is 13.1 Å². The van der Waals surface area contributed by atoms with Crippen LogP contribution in [0.15, 0.2) is 66.2 Å². The van der Waals surface area contributed by atoms with Crippen LogP contribution in [0, 0.1) is 13.8 Å². The van der Waals surface area contributed by atoms with Crippen LogP contribution in [0.4, 0.5) is 0 Å². The summed E-state index contributed by atoms with van der Waals surface area (Å²) in [6, 6.07) is 22.7. The second-order valence-electron chi connectivity index (χ2n) is 10.8. The smallest absolute Gasteiger partial charge is 1.00 e. The Kier molecular flexibility index (Phi) is 11.4. The second kappa shape index (κ2) is 13.0. The maximum atomic E-state index is 2.52. The van der Waals surface area contributed by atoms with Gasteiger partial charge >= 0.3 is 26.2 Å². The van der Waals surface area contributed by atoms with Crippen molar-refractivity contribution in [3.63, 3.8) is 0 Å². The molecular formula is C32H37Cl2SSiZr. The molecule has 3 heterocycles. The van der Waals surface area contributed by atoms with E-state index < -0.39 is 8.07 Å². The van der Waals surface area contributed by atoms with E-state index >= 15 is 0 Å². The van der Waals surface area contributed by atoms with Crippen LogP contribution < -0.4 is 24.8 Å². The maximum absolute atomic E-state index is 2.52. The zero-order valence-corrected chi connectivity index (χ0v) is 28.6. The average Bonchev–Trinajstić information content (AvgIpc) is 3.48. The molecule has 0 saturated carbocycles. The van der Waals surface area contributed by atoms with Crippen LogP contribution >= 0.6 is 11.3 Å². The SMILES string of the molecule is CC1=C2c3sc(C)cc3C1[Si]2(C)C.CCCCCc1ccc(-c2cccc3[cH-]c(C)cc23)cc1.[Cl-].[Cl-].[Zr+3]. The van der Waals surface area contributed by atoms with Gasteiger partial charge in [0, 0.05) is 15.3 Å². The normalized spacial score (nSPS) is 16.0. The molecule has 2 aliphatic heterocycles. The summed E-state index contributed by atoms with van der Waals surface area (Å²) in [5, 5.41) is 4.50. The first-order valence-electron chi connectivity index (χ1n) is 12.9. The third-order valence-corrected chi connectivity index (χ3v) is 13.2. The molecule has 193 valence electrons. The Morgan fingerprint density at radius 2 is 1.62 bits per heavy atom. The molecule has 0 nitrogen and oxygen atoms in total. The van der Waals surface area contributed by atoms with Gasteiger partial charge in [0.25, 0.3) is 0 Å². The minimum Gasteiger partial charge on any atom is -1.00 e. The molecule has 1 atom stereocenters. The van der Waals surface area contributed by atoms with Gasteiger partial charge in [-0.05, 0) is 54.6 Å². The number of fused-ring (bicyclic) bond motifs is 1. The van der Waals surface area contributed by atoms with Gasteiger partial charge in [0.2, 0.25) is 0 Å². The van der Waals surface area contributed by atoms with E-state index in [2.05, 4.69) is 101 Å². The molecule has 1 radical (unpaired) electrons.